The molecule has 0 bridgehead atoms. The van der Waals surface area contributed by atoms with Crippen LogP contribution in [0.4, 0.5) is 0 Å². The van der Waals surface area contributed by atoms with Crippen LogP contribution in [0.25, 0.3) is 0 Å². The van der Waals surface area contributed by atoms with Crippen LogP contribution in [0, 0.1) is 25.2 Å². The first kappa shape index (κ1) is 20.8. The Morgan fingerprint density at radius 2 is 1.83 bits per heavy atom. The second kappa shape index (κ2) is 9.04. The lowest BCUT2D eigenvalue weighted by molar-refractivity contribution is 0.0888. The lowest BCUT2D eigenvalue weighted by Gasteiger charge is -2.29. The molecular weight excluding hydrogens is 364 g/mol. The zero-order valence-corrected chi connectivity index (χ0v) is 17.5. The van der Waals surface area contributed by atoms with Crippen LogP contribution in [0.5, 0.6) is 5.75 Å². The highest BCUT2D eigenvalue weighted by molar-refractivity contribution is 5.92. The number of aromatic nitrogens is 2. The number of hydrogen-bond donors (Lipinski definition) is 1. The maximum atomic E-state index is 12.4. The van der Waals surface area contributed by atoms with Crippen LogP contribution in [0.2, 0.25) is 0 Å². The molecule has 6 nitrogen and oxygen atoms in total. The van der Waals surface area contributed by atoms with Gasteiger partial charge in [0.2, 0.25) is 0 Å². The molecule has 1 heterocycles. The van der Waals surface area contributed by atoms with E-state index in [1.165, 1.54) is 0 Å². The normalized spacial score (nSPS) is 18.9. The van der Waals surface area contributed by atoms with Crippen molar-refractivity contribution < 1.29 is 11.0 Å². The van der Waals surface area contributed by atoms with Crippen molar-refractivity contribution in [2.75, 3.05) is 0 Å². The fraction of sp³-hybridized carbons (Fsp3) is 0.478. The SMILES string of the molecule is Cc1cc(OC2CCC(NC(=O)c3cnc(C(C)C)cn3)CC2)cc(C)c1C#N.[HH]. The third kappa shape index (κ3) is 5.11. The molecule has 1 aromatic carbocycles. The van der Waals surface area contributed by atoms with E-state index in [1.807, 2.05) is 39.8 Å². The maximum Gasteiger partial charge on any atom is 0.271 e. The molecule has 154 valence electrons. The van der Waals surface area contributed by atoms with Crippen LogP contribution in [0.1, 0.15) is 79.7 Å². The van der Waals surface area contributed by atoms with Crippen LogP contribution >= 0.6 is 0 Å². The molecule has 1 amide bonds. The number of carbonyl (C=O) groups excluding carboxylic acids is 1. The minimum atomic E-state index is -0.171. The van der Waals surface area contributed by atoms with Crippen molar-refractivity contribution in [1.82, 2.24) is 15.3 Å². The zero-order valence-electron chi connectivity index (χ0n) is 17.5. The van der Waals surface area contributed by atoms with Crippen LogP contribution in [0.3, 0.4) is 0 Å². The van der Waals surface area contributed by atoms with Gasteiger partial charge in [-0.1, -0.05) is 13.8 Å². The van der Waals surface area contributed by atoms with Crippen molar-refractivity contribution >= 4 is 5.91 Å². The van der Waals surface area contributed by atoms with E-state index < -0.39 is 0 Å². The molecule has 2 aromatic rings. The number of nitrogens with zero attached hydrogens (tertiary/aromatic N) is 3. The van der Waals surface area contributed by atoms with Gasteiger partial charge < -0.3 is 10.1 Å². The van der Waals surface area contributed by atoms with E-state index in [-0.39, 0.29) is 19.5 Å². The third-order valence-corrected chi connectivity index (χ3v) is 5.43. The first-order valence-electron chi connectivity index (χ1n) is 10.2. The Hall–Kier alpha value is -2.94. The molecular formula is C23H30N4O2. The van der Waals surface area contributed by atoms with Gasteiger partial charge >= 0.3 is 0 Å². The monoisotopic (exact) mass is 394 g/mol. The number of amides is 1. The Kier molecular flexibility index (Phi) is 6.48. The Morgan fingerprint density at radius 1 is 1.17 bits per heavy atom. The summed E-state index contributed by atoms with van der Waals surface area (Å²) < 4.78 is 6.15. The van der Waals surface area contributed by atoms with Gasteiger partial charge in [0.15, 0.2) is 0 Å². The average molecular weight is 395 g/mol. The number of carbonyl (C=O) groups is 1. The summed E-state index contributed by atoms with van der Waals surface area (Å²) in [6, 6.07) is 6.22. The fourth-order valence-corrected chi connectivity index (χ4v) is 3.70. The molecule has 0 unspecified atom stereocenters. The number of benzene rings is 1. The summed E-state index contributed by atoms with van der Waals surface area (Å²) >= 11 is 0. The number of aryl methyl sites for hydroxylation is 2. The molecule has 1 N–H and O–H groups in total. The topological polar surface area (TPSA) is 87.9 Å². The Morgan fingerprint density at radius 3 is 2.34 bits per heavy atom. The van der Waals surface area contributed by atoms with Crippen molar-refractivity contribution in [2.45, 2.75) is 71.4 Å². The van der Waals surface area contributed by atoms with Crippen molar-refractivity contribution in [3.8, 4) is 11.8 Å². The van der Waals surface area contributed by atoms with Crippen molar-refractivity contribution in [2.24, 2.45) is 0 Å². The highest BCUT2D eigenvalue weighted by Gasteiger charge is 2.24. The summed E-state index contributed by atoms with van der Waals surface area (Å²) in [5.74, 6) is 0.932. The fourth-order valence-electron chi connectivity index (χ4n) is 3.70. The highest BCUT2D eigenvalue weighted by atomic mass is 16.5. The number of nitriles is 1. The quantitative estimate of drug-likeness (QED) is 0.809. The Bertz CT molecular complexity index is 891. The largest absolute Gasteiger partial charge is 0.490 e. The van der Waals surface area contributed by atoms with E-state index in [4.69, 9.17) is 4.74 Å². The van der Waals surface area contributed by atoms with Crippen LogP contribution < -0.4 is 10.1 Å². The summed E-state index contributed by atoms with van der Waals surface area (Å²) in [6.07, 6.45) is 6.83. The summed E-state index contributed by atoms with van der Waals surface area (Å²) in [4.78, 5) is 21.0. The van der Waals surface area contributed by atoms with Crippen molar-refractivity contribution in [3.63, 3.8) is 0 Å². The minimum Gasteiger partial charge on any atom is -0.490 e. The Balaban J connectivity index is 0.00000320. The Labute approximate surface area is 173 Å². The molecule has 1 fully saturated rings. The molecule has 0 spiro atoms. The smallest absolute Gasteiger partial charge is 0.271 e. The molecule has 1 aliphatic carbocycles. The molecule has 0 atom stereocenters. The standard InChI is InChI=1S/C23H28N4O2.H2/c1-14(2)21-12-26-22(13-25-21)23(28)27-17-5-7-18(8-6-17)29-19-9-15(3)20(11-24)16(4)10-19;/h9-10,12-14,17-18H,5-8H2,1-4H3,(H,27,28);1H. The summed E-state index contributed by atoms with van der Waals surface area (Å²) in [5.41, 5.74) is 3.83. The average Bonchev–Trinajstić information content (AvgIpc) is 2.69. The number of hydrogen-bond acceptors (Lipinski definition) is 5. The van der Waals surface area contributed by atoms with E-state index in [1.54, 1.807) is 12.4 Å². The summed E-state index contributed by atoms with van der Waals surface area (Å²) in [6.45, 7) is 7.96. The van der Waals surface area contributed by atoms with Gasteiger partial charge in [-0.2, -0.15) is 5.26 Å². The predicted octanol–water partition coefficient (Wildman–Crippen LogP) is 4.45. The van der Waals surface area contributed by atoms with E-state index in [0.29, 0.717) is 17.2 Å². The second-order valence-electron chi connectivity index (χ2n) is 8.09. The van der Waals surface area contributed by atoms with Gasteiger partial charge in [0.1, 0.15) is 11.4 Å². The molecule has 1 saturated carbocycles. The number of nitrogens with one attached hydrogen (secondary N) is 1. The number of rotatable bonds is 5. The van der Waals surface area contributed by atoms with Crippen LogP contribution in [-0.2, 0) is 0 Å². The number of ether oxygens (including phenoxy) is 1. The van der Waals surface area contributed by atoms with E-state index in [2.05, 4.69) is 21.4 Å². The summed E-state index contributed by atoms with van der Waals surface area (Å²) in [7, 11) is 0. The van der Waals surface area contributed by atoms with Crippen LogP contribution in [0.15, 0.2) is 24.5 Å². The van der Waals surface area contributed by atoms with Gasteiger partial charge in [-0.3, -0.25) is 9.78 Å². The van der Waals surface area contributed by atoms with Gasteiger partial charge in [-0.15, -0.1) is 0 Å². The second-order valence-corrected chi connectivity index (χ2v) is 8.09. The maximum absolute atomic E-state index is 12.4. The van der Waals surface area contributed by atoms with Gasteiger partial charge in [-0.05, 0) is 68.7 Å². The van der Waals surface area contributed by atoms with E-state index in [9.17, 15) is 10.1 Å². The molecule has 1 aliphatic rings. The van der Waals surface area contributed by atoms with Gasteiger partial charge in [0.25, 0.3) is 5.91 Å². The van der Waals surface area contributed by atoms with Gasteiger partial charge in [0, 0.05) is 13.7 Å². The van der Waals surface area contributed by atoms with Crippen molar-refractivity contribution in [3.05, 3.63) is 52.6 Å². The van der Waals surface area contributed by atoms with Gasteiger partial charge in [-0.25, -0.2) is 4.98 Å². The van der Waals surface area contributed by atoms with Crippen LogP contribution in [-0.4, -0.2) is 28.0 Å². The molecule has 0 aliphatic heterocycles. The van der Waals surface area contributed by atoms with Crippen molar-refractivity contribution in [1.29, 1.82) is 5.26 Å². The molecule has 0 radical (unpaired) electrons. The van der Waals surface area contributed by atoms with E-state index in [0.717, 1.165) is 48.3 Å². The van der Waals surface area contributed by atoms with E-state index >= 15 is 0 Å². The molecule has 6 heteroatoms. The molecule has 1 aromatic heterocycles. The predicted molar refractivity (Wildman–Crippen MR) is 113 cm³/mol. The first-order chi connectivity index (χ1) is 13.9. The molecule has 0 saturated heterocycles. The highest BCUT2D eigenvalue weighted by Crippen LogP contribution is 2.27. The summed E-state index contributed by atoms with van der Waals surface area (Å²) in [5, 5.41) is 12.3. The third-order valence-electron chi connectivity index (χ3n) is 5.43. The zero-order chi connectivity index (χ0) is 21.0. The lowest BCUT2D eigenvalue weighted by atomic mass is 9.92. The molecule has 3 rings (SSSR count). The first-order valence-corrected chi connectivity index (χ1v) is 10.2. The minimum absolute atomic E-state index is 0. The van der Waals surface area contributed by atoms with Gasteiger partial charge in [0.05, 0.1) is 29.6 Å². The lowest BCUT2D eigenvalue weighted by Crippen LogP contribution is -2.40. The molecule has 29 heavy (non-hydrogen) atoms.